The molecule has 0 radical (unpaired) electrons. The van der Waals surface area contributed by atoms with Crippen LogP contribution >= 0.6 is 11.8 Å². The number of hydrogen-bond donors (Lipinski definition) is 1. The van der Waals surface area contributed by atoms with Gasteiger partial charge in [-0.2, -0.15) is 0 Å². The number of carbonyl (C=O) groups excluding carboxylic acids is 1. The van der Waals surface area contributed by atoms with Crippen molar-refractivity contribution >= 4 is 23.5 Å². The Balaban J connectivity index is 1.49. The molecule has 0 aliphatic carbocycles. The molecule has 28 heavy (non-hydrogen) atoms. The summed E-state index contributed by atoms with van der Waals surface area (Å²) in [5.74, 6) is 1.91. The first-order chi connectivity index (χ1) is 13.3. The summed E-state index contributed by atoms with van der Waals surface area (Å²) in [6.45, 7) is 10.8. The van der Waals surface area contributed by atoms with Crippen molar-refractivity contribution in [3.8, 4) is 5.75 Å². The molecule has 1 amide bonds. The van der Waals surface area contributed by atoms with Crippen LogP contribution in [-0.4, -0.2) is 18.5 Å². The molecule has 0 aromatic heterocycles. The van der Waals surface area contributed by atoms with Gasteiger partial charge in [-0.05, 0) is 94.2 Å². The standard InChI is InChI=1S/C23H29NO3S/c1-15-8-9-19(13-16(15)2)28-11-7-6-10-26-18-12-17(3)21-20(14-18)23(4,5)27-22(25)24-21/h8-9,12-14H,6-7,10-11H2,1-5H3,(H,24,25). The van der Waals surface area contributed by atoms with Crippen LogP contribution in [0.15, 0.2) is 35.2 Å². The third-order valence-electron chi connectivity index (χ3n) is 5.09. The van der Waals surface area contributed by atoms with Gasteiger partial charge in [-0.15, -0.1) is 11.8 Å². The Morgan fingerprint density at radius 3 is 2.57 bits per heavy atom. The quantitative estimate of drug-likeness (QED) is 0.435. The van der Waals surface area contributed by atoms with Crippen molar-refractivity contribution in [2.75, 3.05) is 17.7 Å². The first kappa shape index (κ1) is 20.6. The minimum Gasteiger partial charge on any atom is -0.494 e. The molecule has 4 nitrogen and oxygen atoms in total. The molecule has 0 fully saturated rings. The topological polar surface area (TPSA) is 47.6 Å². The van der Waals surface area contributed by atoms with E-state index in [1.54, 1.807) is 0 Å². The molecule has 1 N–H and O–H groups in total. The number of carbonyl (C=O) groups is 1. The van der Waals surface area contributed by atoms with Gasteiger partial charge in [0.1, 0.15) is 11.4 Å². The van der Waals surface area contributed by atoms with E-state index in [9.17, 15) is 4.79 Å². The van der Waals surface area contributed by atoms with Crippen LogP contribution in [0.4, 0.5) is 10.5 Å². The van der Waals surface area contributed by atoms with Gasteiger partial charge in [0.2, 0.25) is 0 Å². The van der Waals surface area contributed by atoms with E-state index in [2.05, 4.69) is 37.4 Å². The summed E-state index contributed by atoms with van der Waals surface area (Å²) in [5.41, 5.74) is 4.80. The molecule has 0 unspecified atom stereocenters. The summed E-state index contributed by atoms with van der Waals surface area (Å²) in [6, 6.07) is 10.6. The van der Waals surface area contributed by atoms with Gasteiger partial charge in [0, 0.05) is 10.5 Å². The van der Waals surface area contributed by atoms with Crippen molar-refractivity contribution in [2.45, 2.75) is 58.0 Å². The second kappa shape index (κ2) is 8.48. The number of anilines is 1. The van der Waals surface area contributed by atoms with Crippen LogP contribution in [0.3, 0.4) is 0 Å². The molecule has 3 rings (SSSR count). The molecule has 0 atom stereocenters. The highest BCUT2D eigenvalue weighted by Crippen LogP contribution is 2.39. The Hall–Kier alpha value is -2.14. The van der Waals surface area contributed by atoms with Crippen molar-refractivity contribution in [3.05, 3.63) is 52.6 Å². The van der Waals surface area contributed by atoms with E-state index in [1.165, 1.54) is 16.0 Å². The predicted octanol–water partition coefficient (Wildman–Crippen LogP) is 6.36. The Morgan fingerprint density at radius 2 is 1.82 bits per heavy atom. The molecule has 0 saturated carbocycles. The molecule has 5 heteroatoms. The number of amides is 1. The fourth-order valence-corrected chi connectivity index (χ4v) is 4.29. The number of rotatable bonds is 7. The lowest BCUT2D eigenvalue weighted by atomic mass is 9.92. The molecule has 1 aliphatic heterocycles. The maximum absolute atomic E-state index is 11.7. The average molecular weight is 400 g/mol. The maximum Gasteiger partial charge on any atom is 0.412 e. The zero-order valence-electron chi connectivity index (χ0n) is 17.3. The summed E-state index contributed by atoms with van der Waals surface area (Å²) in [6.07, 6.45) is 1.70. The van der Waals surface area contributed by atoms with E-state index < -0.39 is 11.7 Å². The third kappa shape index (κ3) is 4.82. The fraction of sp³-hybridized carbons (Fsp3) is 0.435. The van der Waals surface area contributed by atoms with Crippen LogP contribution in [0.2, 0.25) is 0 Å². The van der Waals surface area contributed by atoms with Crippen molar-refractivity contribution < 1.29 is 14.3 Å². The van der Waals surface area contributed by atoms with E-state index in [-0.39, 0.29) is 0 Å². The molecule has 0 bridgehead atoms. The van der Waals surface area contributed by atoms with Crippen molar-refractivity contribution in [2.24, 2.45) is 0 Å². The molecule has 2 aromatic carbocycles. The lowest BCUT2D eigenvalue weighted by Crippen LogP contribution is -2.35. The van der Waals surface area contributed by atoms with Gasteiger partial charge in [0.05, 0.1) is 12.3 Å². The van der Waals surface area contributed by atoms with Gasteiger partial charge in [0.15, 0.2) is 0 Å². The van der Waals surface area contributed by atoms with Gasteiger partial charge in [-0.25, -0.2) is 4.79 Å². The van der Waals surface area contributed by atoms with Crippen molar-refractivity contribution in [1.82, 2.24) is 0 Å². The first-order valence-electron chi connectivity index (χ1n) is 9.74. The first-order valence-corrected chi connectivity index (χ1v) is 10.7. The number of cyclic esters (lactones) is 1. The number of thioether (sulfide) groups is 1. The van der Waals surface area contributed by atoms with Crippen molar-refractivity contribution in [1.29, 1.82) is 0 Å². The van der Waals surface area contributed by atoms with Gasteiger partial charge in [-0.1, -0.05) is 6.07 Å². The smallest absolute Gasteiger partial charge is 0.412 e. The van der Waals surface area contributed by atoms with Crippen LogP contribution in [-0.2, 0) is 10.3 Å². The second-order valence-electron chi connectivity index (χ2n) is 7.84. The molecule has 1 heterocycles. The maximum atomic E-state index is 11.7. The molecule has 0 saturated heterocycles. The molecular formula is C23H29NO3S. The molecule has 2 aromatic rings. The monoisotopic (exact) mass is 399 g/mol. The number of aryl methyl sites for hydroxylation is 3. The van der Waals surface area contributed by atoms with E-state index in [0.717, 1.165) is 41.2 Å². The number of nitrogens with one attached hydrogen (secondary N) is 1. The lowest BCUT2D eigenvalue weighted by Gasteiger charge is -2.33. The summed E-state index contributed by atoms with van der Waals surface area (Å²) in [5, 5.41) is 2.80. The number of fused-ring (bicyclic) bond motifs is 1. The van der Waals surface area contributed by atoms with Gasteiger partial charge in [0.25, 0.3) is 0 Å². The van der Waals surface area contributed by atoms with Gasteiger partial charge in [-0.3, -0.25) is 5.32 Å². The highest BCUT2D eigenvalue weighted by molar-refractivity contribution is 7.99. The third-order valence-corrected chi connectivity index (χ3v) is 6.17. The van der Waals surface area contributed by atoms with E-state index in [4.69, 9.17) is 9.47 Å². The Kier molecular flexibility index (Phi) is 6.23. The van der Waals surface area contributed by atoms with Gasteiger partial charge >= 0.3 is 6.09 Å². The zero-order chi connectivity index (χ0) is 20.3. The van der Waals surface area contributed by atoms with Crippen molar-refractivity contribution in [3.63, 3.8) is 0 Å². The van der Waals surface area contributed by atoms with Crippen LogP contribution in [0.25, 0.3) is 0 Å². The molecule has 1 aliphatic rings. The molecule has 150 valence electrons. The van der Waals surface area contributed by atoms with E-state index in [0.29, 0.717) is 6.61 Å². The SMILES string of the molecule is Cc1ccc(SCCCCOc2cc(C)c3c(c2)C(C)(C)OC(=O)N3)cc1C. The minimum atomic E-state index is -0.662. The molecular weight excluding hydrogens is 370 g/mol. The zero-order valence-corrected chi connectivity index (χ0v) is 18.2. The van der Waals surface area contributed by atoms with Crippen LogP contribution in [0, 0.1) is 20.8 Å². The minimum absolute atomic E-state index is 0.407. The highest BCUT2D eigenvalue weighted by Gasteiger charge is 2.34. The molecule has 0 spiro atoms. The van der Waals surface area contributed by atoms with Gasteiger partial charge < -0.3 is 9.47 Å². The Labute approximate surface area is 172 Å². The number of unbranched alkanes of at least 4 members (excludes halogenated alkanes) is 1. The van der Waals surface area contributed by atoms with Crippen LogP contribution < -0.4 is 10.1 Å². The Bertz CT molecular complexity index is 876. The second-order valence-corrected chi connectivity index (χ2v) is 9.01. The predicted molar refractivity (Wildman–Crippen MR) is 116 cm³/mol. The lowest BCUT2D eigenvalue weighted by molar-refractivity contribution is 0.0417. The fourth-order valence-electron chi connectivity index (χ4n) is 3.28. The average Bonchev–Trinajstić information content (AvgIpc) is 2.61. The highest BCUT2D eigenvalue weighted by atomic mass is 32.2. The number of benzene rings is 2. The summed E-state index contributed by atoms with van der Waals surface area (Å²) < 4.78 is 11.4. The van der Waals surface area contributed by atoms with Crippen LogP contribution in [0.5, 0.6) is 5.75 Å². The largest absolute Gasteiger partial charge is 0.494 e. The Morgan fingerprint density at radius 1 is 1.04 bits per heavy atom. The van der Waals surface area contributed by atoms with E-state index >= 15 is 0 Å². The summed E-state index contributed by atoms with van der Waals surface area (Å²) in [7, 11) is 0. The number of ether oxygens (including phenoxy) is 2. The summed E-state index contributed by atoms with van der Waals surface area (Å²) in [4.78, 5) is 13.1. The normalized spacial score (nSPS) is 14.8. The van der Waals surface area contributed by atoms with E-state index in [1.807, 2.05) is 44.7 Å². The summed E-state index contributed by atoms with van der Waals surface area (Å²) >= 11 is 1.90. The van der Waals surface area contributed by atoms with Crippen LogP contribution in [0.1, 0.15) is 48.9 Å². The number of hydrogen-bond acceptors (Lipinski definition) is 4.